The summed E-state index contributed by atoms with van der Waals surface area (Å²) in [4.78, 5) is 28.5. The summed E-state index contributed by atoms with van der Waals surface area (Å²) in [6.07, 6.45) is 3.24. The Labute approximate surface area is 186 Å². The van der Waals surface area contributed by atoms with Crippen molar-refractivity contribution in [3.05, 3.63) is 41.1 Å². The Morgan fingerprint density at radius 3 is 2.53 bits per heavy atom. The van der Waals surface area contributed by atoms with Gasteiger partial charge in [0.15, 0.2) is 5.58 Å². The maximum atomic E-state index is 12.3. The number of hydrogen-bond donors (Lipinski definition) is 2. The lowest BCUT2D eigenvalue weighted by Crippen LogP contribution is -2.67. The number of hydrogen-bond acceptors (Lipinski definition) is 5. The number of aliphatic carboxylic acids is 1. The summed E-state index contributed by atoms with van der Waals surface area (Å²) >= 11 is 0. The van der Waals surface area contributed by atoms with Crippen LogP contribution >= 0.6 is 0 Å². The summed E-state index contributed by atoms with van der Waals surface area (Å²) < 4.78 is 11.8. The average molecular weight is 437 g/mol. The number of amides is 1. The van der Waals surface area contributed by atoms with Crippen molar-refractivity contribution in [2.45, 2.75) is 70.9 Å². The molecule has 1 aromatic carbocycles. The maximum Gasteiger partial charge on any atom is 0.408 e. The monoisotopic (exact) mass is 436 g/mol. The van der Waals surface area contributed by atoms with Crippen molar-refractivity contribution in [3.63, 3.8) is 0 Å². The molecule has 6 rings (SSSR count). The molecule has 7 nitrogen and oxygen atoms in total. The van der Waals surface area contributed by atoms with E-state index in [1.54, 1.807) is 6.20 Å². The second-order valence-electron chi connectivity index (χ2n) is 10.6. The summed E-state index contributed by atoms with van der Waals surface area (Å²) in [7, 11) is 0. The Morgan fingerprint density at radius 1 is 1.22 bits per heavy atom. The average Bonchev–Trinajstić information content (AvgIpc) is 2.96. The summed E-state index contributed by atoms with van der Waals surface area (Å²) in [6, 6.07) is 5.68. The molecule has 2 bridgehead atoms. The van der Waals surface area contributed by atoms with Gasteiger partial charge < -0.3 is 19.6 Å². The van der Waals surface area contributed by atoms with Gasteiger partial charge in [-0.25, -0.2) is 4.79 Å². The molecule has 2 aromatic heterocycles. The number of ether oxygens (including phenoxy) is 1. The molecule has 0 radical (unpaired) electrons. The van der Waals surface area contributed by atoms with Gasteiger partial charge in [-0.15, -0.1) is 0 Å². The first-order valence-electron chi connectivity index (χ1n) is 11.0. The predicted molar refractivity (Wildman–Crippen MR) is 120 cm³/mol. The highest BCUT2D eigenvalue weighted by atomic mass is 16.6. The van der Waals surface area contributed by atoms with Gasteiger partial charge in [0.05, 0.1) is 11.5 Å². The standard InChI is InChI=1S/C25H28N2O5/c1-13-8-15(14(2)27-22(30)32-23(3,4)5)19-16(9-13)18-20(31-19)17(6-7-26-18)24-10-25(11-24,12-24)21(28)29/h6-9,14H,10-12H2,1-5H3,(H,27,30)(H,28,29)/t14-,24?,25?/m1/s1. The molecule has 3 saturated carbocycles. The molecule has 7 heteroatoms. The van der Waals surface area contributed by atoms with Crippen LogP contribution in [0.5, 0.6) is 0 Å². The third kappa shape index (κ3) is 2.98. The normalized spacial score (nSPS) is 25.2. The molecule has 3 aliphatic rings. The Kier molecular flexibility index (Phi) is 4.20. The van der Waals surface area contributed by atoms with Gasteiger partial charge in [-0.1, -0.05) is 6.07 Å². The summed E-state index contributed by atoms with van der Waals surface area (Å²) in [5.74, 6) is -0.700. The highest BCUT2D eigenvalue weighted by molar-refractivity contribution is 6.05. The van der Waals surface area contributed by atoms with Crippen LogP contribution in [-0.2, 0) is 14.9 Å². The molecular weight excluding hydrogens is 408 g/mol. The highest BCUT2D eigenvalue weighted by Crippen LogP contribution is 2.74. The molecule has 2 N–H and O–H groups in total. The number of alkyl carbamates (subject to hydrolysis) is 1. The first-order chi connectivity index (χ1) is 14.9. The number of rotatable bonds is 4. The largest absolute Gasteiger partial charge is 0.481 e. The molecule has 3 aromatic rings. The lowest BCUT2D eigenvalue weighted by molar-refractivity contribution is -0.194. The molecule has 0 spiro atoms. The van der Waals surface area contributed by atoms with Gasteiger partial charge in [-0.3, -0.25) is 9.78 Å². The van der Waals surface area contributed by atoms with Crippen molar-refractivity contribution in [2.24, 2.45) is 5.41 Å². The number of furan rings is 1. The zero-order chi connectivity index (χ0) is 23.1. The fourth-order valence-electron chi connectivity index (χ4n) is 5.54. The molecule has 0 saturated heterocycles. The SMILES string of the molecule is Cc1cc([C@@H](C)NC(=O)OC(C)(C)C)c2oc3c(C45CC(C(=O)O)(C4)C5)ccnc3c2c1. The Bertz CT molecular complexity index is 1260. The van der Waals surface area contributed by atoms with Crippen LogP contribution in [0, 0.1) is 12.3 Å². The van der Waals surface area contributed by atoms with E-state index in [1.807, 2.05) is 52.8 Å². The van der Waals surface area contributed by atoms with Crippen LogP contribution in [0.1, 0.15) is 69.7 Å². The fraction of sp³-hybridized carbons (Fsp3) is 0.480. The van der Waals surface area contributed by atoms with Gasteiger partial charge in [-0.2, -0.15) is 0 Å². The fourth-order valence-corrected chi connectivity index (χ4v) is 5.54. The van der Waals surface area contributed by atoms with Crippen LogP contribution in [0.25, 0.3) is 22.1 Å². The van der Waals surface area contributed by atoms with Crippen molar-refractivity contribution < 1.29 is 23.8 Å². The van der Waals surface area contributed by atoms with E-state index in [9.17, 15) is 14.7 Å². The lowest BCUT2D eigenvalue weighted by atomic mass is 9.33. The van der Waals surface area contributed by atoms with Crippen molar-refractivity contribution >= 4 is 34.1 Å². The number of pyridine rings is 1. The van der Waals surface area contributed by atoms with E-state index >= 15 is 0 Å². The van der Waals surface area contributed by atoms with E-state index in [0.717, 1.165) is 33.2 Å². The number of aromatic nitrogens is 1. The maximum absolute atomic E-state index is 12.3. The first-order valence-corrected chi connectivity index (χ1v) is 11.0. The third-order valence-electron chi connectivity index (χ3n) is 6.88. The van der Waals surface area contributed by atoms with Crippen molar-refractivity contribution in [1.29, 1.82) is 0 Å². The number of carboxylic acid groups (broad SMARTS) is 1. The number of fused-ring (bicyclic) bond motifs is 3. The van der Waals surface area contributed by atoms with Gasteiger partial charge in [0.2, 0.25) is 0 Å². The molecule has 1 amide bonds. The minimum Gasteiger partial charge on any atom is -0.481 e. The van der Waals surface area contributed by atoms with Crippen molar-refractivity contribution in [3.8, 4) is 0 Å². The van der Waals surface area contributed by atoms with Crippen LogP contribution < -0.4 is 5.32 Å². The van der Waals surface area contributed by atoms with Crippen molar-refractivity contribution in [1.82, 2.24) is 10.3 Å². The second kappa shape index (κ2) is 6.47. The van der Waals surface area contributed by atoms with Gasteiger partial charge in [0, 0.05) is 28.1 Å². The van der Waals surface area contributed by atoms with E-state index in [4.69, 9.17) is 9.15 Å². The number of carboxylic acids is 1. The molecule has 32 heavy (non-hydrogen) atoms. The first kappa shape index (κ1) is 20.8. The molecule has 1 atom stereocenters. The van der Waals surface area contributed by atoms with Crippen molar-refractivity contribution in [2.75, 3.05) is 0 Å². The molecule has 2 heterocycles. The molecule has 0 unspecified atom stereocenters. The molecule has 168 valence electrons. The summed E-state index contributed by atoms with van der Waals surface area (Å²) in [5.41, 5.74) is 3.84. The Morgan fingerprint density at radius 2 is 1.91 bits per heavy atom. The minimum atomic E-state index is -0.700. The van der Waals surface area contributed by atoms with Crippen LogP contribution in [0.4, 0.5) is 4.79 Å². The van der Waals surface area contributed by atoms with Gasteiger partial charge in [0.25, 0.3) is 0 Å². The number of nitrogens with zero attached hydrogens (tertiary/aromatic N) is 1. The van der Waals surface area contributed by atoms with E-state index in [2.05, 4.69) is 10.3 Å². The quantitative estimate of drug-likeness (QED) is 0.569. The topological polar surface area (TPSA) is 102 Å². The lowest BCUT2D eigenvalue weighted by Gasteiger charge is -2.68. The third-order valence-corrected chi connectivity index (χ3v) is 6.88. The Hall–Kier alpha value is -3.09. The second-order valence-corrected chi connectivity index (χ2v) is 10.6. The van der Waals surface area contributed by atoms with E-state index in [0.29, 0.717) is 24.8 Å². The number of aryl methyl sites for hydroxylation is 1. The molecule has 3 aliphatic carbocycles. The zero-order valence-corrected chi connectivity index (χ0v) is 19.0. The van der Waals surface area contributed by atoms with Crippen LogP contribution in [0.2, 0.25) is 0 Å². The molecule has 3 fully saturated rings. The van der Waals surface area contributed by atoms with Gasteiger partial charge >= 0.3 is 12.1 Å². The van der Waals surface area contributed by atoms with E-state index in [-0.39, 0.29) is 11.5 Å². The number of carbonyl (C=O) groups excluding carboxylic acids is 1. The van der Waals surface area contributed by atoms with Crippen LogP contribution in [-0.4, -0.2) is 27.8 Å². The van der Waals surface area contributed by atoms with E-state index < -0.39 is 23.1 Å². The Balaban J connectivity index is 1.55. The number of carbonyl (C=O) groups is 2. The summed E-state index contributed by atoms with van der Waals surface area (Å²) in [5, 5.41) is 13.3. The number of nitrogens with one attached hydrogen (secondary N) is 1. The minimum absolute atomic E-state index is 0.136. The van der Waals surface area contributed by atoms with Crippen LogP contribution in [0.15, 0.2) is 28.8 Å². The van der Waals surface area contributed by atoms with Crippen LogP contribution in [0.3, 0.4) is 0 Å². The molecule has 0 aliphatic heterocycles. The number of benzene rings is 1. The summed E-state index contributed by atoms with van der Waals surface area (Å²) in [6.45, 7) is 9.39. The van der Waals surface area contributed by atoms with E-state index in [1.165, 1.54) is 0 Å². The van der Waals surface area contributed by atoms with Gasteiger partial charge in [-0.05, 0) is 71.6 Å². The predicted octanol–water partition coefficient (Wildman–Crippen LogP) is 5.38. The van der Waals surface area contributed by atoms with Gasteiger partial charge in [0.1, 0.15) is 16.7 Å². The molecular formula is C25H28N2O5. The smallest absolute Gasteiger partial charge is 0.408 e. The highest BCUT2D eigenvalue weighted by Gasteiger charge is 2.73. The zero-order valence-electron chi connectivity index (χ0n) is 19.0.